The van der Waals surface area contributed by atoms with E-state index in [4.69, 9.17) is 0 Å². The number of hydrogen-bond donors (Lipinski definition) is 0. The second-order valence-electron chi connectivity index (χ2n) is 3.10. The molecular formula is C6H3F9. The quantitative estimate of drug-likeness (QED) is 0.623. The molecule has 0 aliphatic heterocycles. The van der Waals surface area contributed by atoms with Crippen LogP contribution in [-0.2, 0) is 0 Å². The van der Waals surface area contributed by atoms with Gasteiger partial charge in [-0.25, -0.2) is 0 Å². The molecule has 0 heterocycles. The third kappa shape index (κ3) is 1.06. The van der Waals surface area contributed by atoms with E-state index in [0.717, 1.165) is 0 Å². The van der Waals surface area contributed by atoms with Crippen LogP contribution < -0.4 is 0 Å². The predicted octanol–water partition coefficient (Wildman–Crippen LogP) is 3.13. The van der Waals surface area contributed by atoms with E-state index < -0.39 is 36.3 Å². The summed E-state index contributed by atoms with van der Waals surface area (Å²) >= 11 is 0. The molecule has 9 heteroatoms. The third-order valence-corrected chi connectivity index (χ3v) is 2.26. The van der Waals surface area contributed by atoms with Gasteiger partial charge in [0.1, 0.15) is 12.6 Å². The van der Waals surface area contributed by atoms with E-state index in [1.165, 1.54) is 0 Å². The van der Waals surface area contributed by atoms with Crippen LogP contribution >= 0.6 is 0 Å². The zero-order valence-corrected chi connectivity index (χ0v) is 6.69. The zero-order valence-electron chi connectivity index (χ0n) is 6.69. The highest BCUT2D eigenvalue weighted by molar-refractivity contribution is 5.17. The van der Waals surface area contributed by atoms with E-state index in [2.05, 4.69) is 0 Å². The molecule has 0 aromatic rings. The summed E-state index contributed by atoms with van der Waals surface area (Å²) in [4.78, 5) is 0. The Balaban J connectivity index is 3.40. The fraction of sp³-hybridized carbons (Fsp3) is 1.00. The maximum Gasteiger partial charge on any atom is 0.378 e. The van der Waals surface area contributed by atoms with Crippen molar-refractivity contribution < 1.29 is 39.5 Å². The third-order valence-electron chi connectivity index (χ3n) is 2.26. The van der Waals surface area contributed by atoms with Crippen LogP contribution in [0, 0.1) is 5.92 Å². The Kier molecular flexibility index (Phi) is 2.26. The molecule has 0 nitrogen and oxygen atoms in total. The van der Waals surface area contributed by atoms with E-state index in [9.17, 15) is 39.5 Å². The minimum absolute atomic E-state index is 2.66. The lowest BCUT2D eigenvalue weighted by molar-refractivity contribution is -0.303. The second-order valence-corrected chi connectivity index (χ2v) is 3.10. The molecule has 0 spiro atoms. The van der Waals surface area contributed by atoms with E-state index in [1.807, 2.05) is 0 Å². The smallest absolute Gasteiger partial charge is 0.250 e. The van der Waals surface area contributed by atoms with Crippen LogP contribution in [0.1, 0.15) is 0 Å². The van der Waals surface area contributed by atoms with Gasteiger partial charge in [-0.1, -0.05) is 0 Å². The molecule has 0 amide bonds. The molecule has 0 radical (unpaired) electrons. The minimum Gasteiger partial charge on any atom is -0.250 e. The average molecular weight is 246 g/mol. The normalized spacial score (nSPS) is 31.8. The minimum atomic E-state index is -6.26. The molecule has 0 N–H and O–H groups in total. The van der Waals surface area contributed by atoms with Gasteiger partial charge in [0.15, 0.2) is 0 Å². The first-order valence-electron chi connectivity index (χ1n) is 3.51. The van der Waals surface area contributed by atoms with Gasteiger partial charge in [-0.15, -0.1) is 0 Å². The molecule has 15 heavy (non-hydrogen) atoms. The van der Waals surface area contributed by atoms with Gasteiger partial charge < -0.3 is 0 Å². The predicted molar refractivity (Wildman–Crippen MR) is 29.3 cm³/mol. The Bertz CT molecular complexity index is 242. The molecule has 1 aliphatic rings. The Morgan fingerprint density at radius 2 is 0.933 bits per heavy atom. The summed E-state index contributed by atoms with van der Waals surface area (Å²) in [7, 11) is 0. The maximum absolute atomic E-state index is 12.4. The van der Waals surface area contributed by atoms with Crippen LogP contribution in [0.4, 0.5) is 39.5 Å². The molecule has 0 bridgehead atoms. The van der Waals surface area contributed by atoms with E-state index in [-0.39, 0.29) is 0 Å². The lowest BCUT2D eigenvalue weighted by Crippen LogP contribution is -2.51. The van der Waals surface area contributed by atoms with E-state index in [0.29, 0.717) is 0 Å². The summed E-state index contributed by atoms with van der Waals surface area (Å²) in [5.74, 6) is -28.1. The van der Waals surface area contributed by atoms with Crippen LogP contribution in [0.15, 0.2) is 0 Å². The summed E-state index contributed by atoms with van der Waals surface area (Å²) in [5.41, 5.74) is 0. The fourth-order valence-corrected chi connectivity index (χ4v) is 1.28. The van der Waals surface area contributed by atoms with Crippen molar-refractivity contribution in [1.82, 2.24) is 0 Å². The first-order valence-corrected chi connectivity index (χ1v) is 3.51. The van der Waals surface area contributed by atoms with Gasteiger partial charge in [-0.2, -0.15) is 35.1 Å². The Morgan fingerprint density at radius 3 is 1.07 bits per heavy atom. The van der Waals surface area contributed by atoms with Gasteiger partial charge in [0.25, 0.3) is 0 Å². The van der Waals surface area contributed by atoms with Crippen molar-refractivity contribution in [2.75, 3.05) is 6.67 Å². The van der Waals surface area contributed by atoms with Gasteiger partial charge >= 0.3 is 23.7 Å². The van der Waals surface area contributed by atoms with Crippen molar-refractivity contribution >= 4 is 0 Å². The maximum atomic E-state index is 12.4. The SMILES string of the molecule is FCC1C(F)(F)C(F)(F)C(F)(F)C1(F)F. The summed E-state index contributed by atoms with van der Waals surface area (Å²) < 4.78 is 111. The number of halogens is 9. The first kappa shape index (κ1) is 12.4. The standard InChI is InChI=1S/C6H3F9/c7-1-2-3(8,9)5(12,13)6(14,15)4(2,10)11/h2H,1H2. The molecular weight excluding hydrogens is 243 g/mol. The molecule has 0 atom stereocenters. The highest BCUT2D eigenvalue weighted by atomic mass is 19.4. The van der Waals surface area contributed by atoms with Crippen molar-refractivity contribution in [2.45, 2.75) is 23.7 Å². The van der Waals surface area contributed by atoms with Gasteiger partial charge in [0.2, 0.25) is 0 Å². The molecule has 1 saturated carbocycles. The summed E-state index contributed by atoms with van der Waals surface area (Å²) in [6, 6.07) is 0. The molecule has 0 unspecified atom stereocenters. The highest BCUT2D eigenvalue weighted by Crippen LogP contribution is 2.65. The molecule has 0 aromatic carbocycles. The largest absolute Gasteiger partial charge is 0.378 e. The zero-order chi connectivity index (χ0) is 12.3. The fourth-order valence-electron chi connectivity index (χ4n) is 1.28. The Labute approximate surface area is 77.0 Å². The van der Waals surface area contributed by atoms with Crippen LogP contribution in [-0.4, -0.2) is 30.4 Å². The van der Waals surface area contributed by atoms with E-state index in [1.54, 1.807) is 0 Å². The van der Waals surface area contributed by atoms with Crippen LogP contribution in [0.3, 0.4) is 0 Å². The van der Waals surface area contributed by atoms with Crippen molar-refractivity contribution in [3.8, 4) is 0 Å². The average Bonchev–Trinajstić information content (AvgIpc) is 2.07. The van der Waals surface area contributed by atoms with Crippen LogP contribution in [0.5, 0.6) is 0 Å². The molecule has 90 valence electrons. The second kappa shape index (κ2) is 2.73. The Morgan fingerprint density at radius 1 is 0.667 bits per heavy atom. The Hall–Kier alpha value is -0.630. The van der Waals surface area contributed by atoms with Crippen molar-refractivity contribution in [1.29, 1.82) is 0 Å². The van der Waals surface area contributed by atoms with Gasteiger partial charge in [-0.3, -0.25) is 4.39 Å². The number of alkyl halides is 9. The molecule has 1 rings (SSSR count). The summed E-state index contributed by atoms with van der Waals surface area (Å²) in [5, 5.41) is 0. The van der Waals surface area contributed by atoms with Crippen LogP contribution in [0.2, 0.25) is 0 Å². The van der Waals surface area contributed by atoms with Gasteiger partial charge in [0, 0.05) is 0 Å². The molecule has 1 aliphatic carbocycles. The van der Waals surface area contributed by atoms with E-state index >= 15 is 0 Å². The topological polar surface area (TPSA) is 0 Å². The molecule has 0 aromatic heterocycles. The number of rotatable bonds is 1. The monoisotopic (exact) mass is 246 g/mol. The first-order chi connectivity index (χ1) is 6.44. The van der Waals surface area contributed by atoms with Crippen molar-refractivity contribution in [2.24, 2.45) is 5.92 Å². The molecule has 0 saturated heterocycles. The highest BCUT2D eigenvalue weighted by Gasteiger charge is 2.93. The van der Waals surface area contributed by atoms with Crippen molar-refractivity contribution in [3.63, 3.8) is 0 Å². The lowest BCUT2D eigenvalue weighted by atomic mass is 10.0. The van der Waals surface area contributed by atoms with Gasteiger partial charge in [-0.05, 0) is 0 Å². The lowest BCUT2D eigenvalue weighted by Gasteiger charge is -2.23. The van der Waals surface area contributed by atoms with Crippen LogP contribution in [0.25, 0.3) is 0 Å². The number of hydrogen-bond acceptors (Lipinski definition) is 0. The summed E-state index contributed by atoms with van der Waals surface area (Å²) in [6.45, 7) is -2.66. The van der Waals surface area contributed by atoms with Gasteiger partial charge in [0.05, 0.1) is 0 Å². The summed E-state index contributed by atoms with van der Waals surface area (Å²) in [6.07, 6.45) is 0. The molecule has 1 fully saturated rings. The van der Waals surface area contributed by atoms with Crippen molar-refractivity contribution in [3.05, 3.63) is 0 Å².